The Hall–Kier alpha value is -5.18. The number of aromatic nitrogens is 4. The first-order valence-electron chi connectivity index (χ1n) is 11.6. The van der Waals surface area contributed by atoms with Crippen molar-refractivity contribution < 1.29 is 4.79 Å². The number of H-pyrrole nitrogens is 1. The third kappa shape index (κ3) is 4.96. The summed E-state index contributed by atoms with van der Waals surface area (Å²) in [5, 5.41) is 4.20. The maximum atomic E-state index is 13.8. The molecule has 0 fully saturated rings. The Labute approximate surface area is 212 Å². The minimum atomic E-state index is -0.732. The Kier molecular flexibility index (Phi) is 6.50. The summed E-state index contributed by atoms with van der Waals surface area (Å²) in [7, 11) is 0. The molecule has 2 aromatic heterocycles. The van der Waals surface area contributed by atoms with Crippen LogP contribution in [0, 0.1) is 0 Å². The fourth-order valence-corrected chi connectivity index (χ4v) is 4.11. The average molecular weight is 493 g/mol. The molecule has 9 nitrogen and oxygen atoms in total. The summed E-state index contributed by atoms with van der Waals surface area (Å²) >= 11 is 0. The van der Waals surface area contributed by atoms with E-state index in [1.807, 2.05) is 60.7 Å². The summed E-state index contributed by atoms with van der Waals surface area (Å²) in [5.41, 5.74) is 7.72. The molecule has 0 saturated carbocycles. The van der Waals surface area contributed by atoms with Gasteiger partial charge in [0.05, 0.1) is 18.8 Å². The molecule has 0 radical (unpaired) electrons. The van der Waals surface area contributed by atoms with Gasteiger partial charge >= 0.3 is 5.69 Å². The molecule has 0 aliphatic heterocycles. The van der Waals surface area contributed by atoms with Crippen LogP contribution < -0.4 is 21.9 Å². The summed E-state index contributed by atoms with van der Waals surface area (Å²) in [6.45, 7) is 0.221. The van der Waals surface area contributed by atoms with Crippen molar-refractivity contribution in [1.29, 1.82) is 0 Å². The molecule has 2 heterocycles. The minimum Gasteiger partial charge on any atom is -0.383 e. The Bertz CT molecular complexity index is 1620. The molecule has 184 valence electrons. The fourth-order valence-electron chi connectivity index (χ4n) is 4.11. The smallest absolute Gasteiger partial charge is 0.330 e. The molecule has 0 atom stereocenters. The lowest BCUT2D eigenvalue weighted by Crippen LogP contribution is -2.41. The van der Waals surface area contributed by atoms with Crippen LogP contribution in [0.4, 0.5) is 11.5 Å². The van der Waals surface area contributed by atoms with Crippen molar-refractivity contribution in [1.82, 2.24) is 19.3 Å². The third-order valence-corrected chi connectivity index (χ3v) is 5.98. The van der Waals surface area contributed by atoms with Gasteiger partial charge in [0, 0.05) is 18.0 Å². The summed E-state index contributed by atoms with van der Waals surface area (Å²) in [5.74, 6) is -0.520. The van der Waals surface area contributed by atoms with Crippen LogP contribution in [0.1, 0.15) is 21.5 Å². The number of nitrogens with zero attached hydrogens (tertiary/aromatic N) is 4. The van der Waals surface area contributed by atoms with E-state index in [4.69, 9.17) is 5.73 Å². The van der Waals surface area contributed by atoms with Crippen LogP contribution in [0.15, 0.2) is 113 Å². The van der Waals surface area contributed by atoms with E-state index in [0.717, 1.165) is 16.8 Å². The first-order valence-corrected chi connectivity index (χ1v) is 11.6. The van der Waals surface area contributed by atoms with Crippen LogP contribution in [0.2, 0.25) is 0 Å². The zero-order valence-electron chi connectivity index (χ0n) is 19.8. The van der Waals surface area contributed by atoms with Crippen LogP contribution in [-0.2, 0) is 13.1 Å². The lowest BCUT2D eigenvalue weighted by molar-refractivity contribution is 0.0984. The second-order valence-corrected chi connectivity index (χ2v) is 8.44. The van der Waals surface area contributed by atoms with Crippen LogP contribution in [0.25, 0.3) is 5.69 Å². The van der Waals surface area contributed by atoms with E-state index in [1.165, 1.54) is 9.47 Å². The predicted molar refractivity (Wildman–Crippen MR) is 142 cm³/mol. The molecular formula is C28H24N6O3. The number of hydrogen-bond donors (Lipinski definition) is 2. The Morgan fingerprint density at radius 3 is 2.14 bits per heavy atom. The van der Waals surface area contributed by atoms with Gasteiger partial charge < -0.3 is 5.73 Å². The number of benzene rings is 3. The van der Waals surface area contributed by atoms with Crippen LogP contribution >= 0.6 is 0 Å². The van der Waals surface area contributed by atoms with Gasteiger partial charge in [0.15, 0.2) is 5.69 Å². The molecule has 37 heavy (non-hydrogen) atoms. The Morgan fingerprint density at radius 2 is 1.51 bits per heavy atom. The zero-order chi connectivity index (χ0) is 25.8. The Morgan fingerprint density at radius 1 is 0.865 bits per heavy atom. The number of anilines is 2. The highest BCUT2D eigenvalue weighted by Crippen LogP contribution is 2.23. The van der Waals surface area contributed by atoms with Gasteiger partial charge in [-0.3, -0.25) is 24.0 Å². The molecule has 5 rings (SSSR count). The first-order chi connectivity index (χ1) is 18.0. The van der Waals surface area contributed by atoms with Gasteiger partial charge in [-0.05, 0) is 41.5 Å². The number of hydrogen-bond acceptors (Lipinski definition) is 5. The highest BCUT2D eigenvalue weighted by molar-refractivity contribution is 6.07. The van der Waals surface area contributed by atoms with Crippen molar-refractivity contribution in [3.8, 4) is 5.69 Å². The number of amides is 1. The standard InChI is InChI=1S/C28H24N6O3/c29-25-24(26(35)31-28(37)33(25)19-21-10-5-2-6-11-21)32(18-20-8-3-1-4-9-20)27(36)22-12-14-23(15-13-22)34-17-7-16-30-34/h1-17H,18-19,29H2,(H,31,35,37). The third-order valence-electron chi connectivity index (χ3n) is 5.98. The van der Waals surface area contributed by atoms with Crippen LogP contribution in [0.5, 0.6) is 0 Å². The average Bonchev–Trinajstić information content (AvgIpc) is 3.46. The molecule has 1 amide bonds. The lowest BCUT2D eigenvalue weighted by Gasteiger charge is -2.25. The SMILES string of the molecule is Nc1c(N(Cc2ccccc2)C(=O)c2ccc(-n3cccn3)cc2)c(=O)[nH]c(=O)n1Cc1ccccc1. The molecule has 3 aromatic carbocycles. The van der Waals surface area contributed by atoms with Gasteiger partial charge in [-0.15, -0.1) is 0 Å². The van der Waals surface area contributed by atoms with Gasteiger partial charge in [-0.25, -0.2) is 9.48 Å². The molecule has 0 aliphatic rings. The van der Waals surface area contributed by atoms with Crippen molar-refractivity contribution in [3.05, 3.63) is 141 Å². The van der Waals surface area contributed by atoms with Gasteiger partial charge in [0.1, 0.15) is 5.82 Å². The topological polar surface area (TPSA) is 119 Å². The van der Waals surface area contributed by atoms with Gasteiger partial charge in [-0.1, -0.05) is 60.7 Å². The number of rotatable bonds is 7. The van der Waals surface area contributed by atoms with Crippen molar-refractivity contribution in [2.75, 3.05) is 10.6 Å². The number of carbonyl (C=O) groups is 1. The van der Waals surface area contributed by atoms with E-state index >= 15 is 0 Å². The Balaban J connectivity index is 1.58. The van der Waals surface area contributed by atoms with Gasteiger partial charge in [0.25, 0.3) is 11.5 Å². The summed E-state index contributed by atoms with van der Waals surface area (Å²) < 4.78 is 2.94. The van der Waals surface area contributed by atoms with E-state index in [0.29, 0.717) is 5.56 Å². The number of carbonyl (C=O) groups excluding carboxylic acids is 1. The van der Waals surface area contributed by atoms with Crippen molar-refractivity contribution in [3.63, 3.8) is 0 Å². The quantitative estimate of drug-likeness (QED) is 0.362. The summed E-state index contributed by atoms with van der Waals surface area (Å²) in [4.78, 5) is 43.3. The number of nitrogens with one attached hydrogen (secondary N) is 1. The maximum absolute atomic E-state index is 13.8. The molecule has 9 heteroatoms. The zero-order valence-corrected chi connectivity index (χ0v) is 19.8. The molecule has 0 saturated heterocycles. The summed E-state index contributed by atoms with van der Waals surface area (Å²) in [6, 6.07) is 27.2. The molecule has 0 spiro atoms. The van der Waals surface area contributed by atoms with E-state index in [-0.39, 0.29) is 24.6 Å². The van der Waals surface area contributed by atoms with Crippen molar-refractivity contribution >= 4 is 17.4 Å². The predicted octanol–water partition coefficient (Wildman–Crippen LogP) is 3.20. The molecule has 0 unspecified atom stereocenters. The molecular weight excluding hydrogens is 468 g/mol. The molecule has 3 N–H and O–H groups in total. The molecule has 0 aliphatic carbocycles. The number of aromatic amines is 1. The first kappa shape index (κ1) is 23.6. The summed E-state index contributed by atoms with van der Waals surface area (Å²) in [6.07, 6.45) is 3.47. The molecule has 5 aromatic rings. The highest BCUT2D eigenvalue weighted by Gasteiger charge is 2.26. The van der Waals surface area contributed by atoms with Crippen molar-refractivity contribution in [2.24, 2.45) is 0 Å². The minimum absolute atomic E-state index is 0.0808. The van der Waals surface area contributed by atoms with E-state index in [9.17, 15) is 14.4 Å². The lowest BCUT2D eigenvalue weighted by atomic mass is 10.1. The second-order valence-electron chi connectivity index (χ2n) is 8.44. The highest BCUT2D eigenvalue weighted by atomic mass is 16.2. The largest absolute Gasteiger partial charge is 0.383 e. The van der Waals surface area contributed by atoms with Crippen molar-refractivity contribution in [2.45, 2.75) is 13.1 Å². The molecule has 0 bridgehead atoms. The fraction of sp³-hybridized carbons (Fsp3) is 0.0714. The van der Waals surface area contributed by atoms with Crippen LogP contribution in [0.3, 0.4) is 0 Å². The van der Waals surface area contributed by atoms with E-state index < -0.39 is 17.2 Å². The van der Waals surface area contributed by atoms with E-state index in [1.54, 1.807) is 47.4 Å². The van der Waals surface area contributed by atoms with E-state index in [2.05, 4.69) is 10.1 Å². The maximum Gasteiger partial charge on any atom is 0.330 e. The number of nitrogens with two attached hydrogens (primary N) is 1. The van der Waals surface area contributed by atoms with Gasteiger partial charge in [-0.2, -0.15) is 5.10 Å². The normalized spacial score (nSPS) is 10.8. The second kappa shape index (κ2) is 10.2. The van der Waals surface area contributed by atoms with Gasteiger partial charge in [0.2, 0.25) is 0 Å². The van der Waals surface area contributed by atoms with Crippen LogP contribution in [-0.4, -0.2) is 25.2 Å². The monoisotopic (exact) mass is 492 g/mol. The number of nitrogen functional groups attached to an aromatic ring is 1.